The molecule has 2 rings (SSSR count). The standard InChI is InChI=1S/C14H16N4O/c1-18(10-3-5-11(19-2)6-4-10)13-9-17-8-7-12(13)14(15)16/h3-9H,1-2H3,(H3,15,16). The topological polar surface area (TPSA) is 75.2 Å². The normalized spacial score (nSPS) is 10.0. The van der Waals surface area contributed by atoms with Crippen molar-refractivity contribution in [3.63, 3.8) is 0 Å². The second kappa shape index (κ2) is 5.39. The summed E-state index contributed by atoms with van der Waals surface area (Å²) >= 11 is 0. The summed E-state index contributed by atoms with van der Waals surface area (Å²) in [5.74, 6) is 0.827. The molecule has 0 saturated heterocycles. The molecule has 0 fully saturated rings. The van der Waals surface area contributed by atoms with Gasteiger partial charge in [0.2, 0.25) is 0 Å². The molecule has 19 heavy (non-hydrogen) atoms. The van der Waals surface area contributed by atoms with Crippen LogP contribution in [0.3, 0.4) is 0 Å². The molecule has 5 nitrogen and oxygen atoms in total. The van der Waals surface area contributed by atoms with Crippen LogP contribution in [0, 0.1) is 5.41 Å². The highest BCUT2D eigenvalue weighted by atomic mass is 16.5. The number of nitrogens with two attached hydrogens (primary N) is 1. The average molecular weight is 256 g/mol. The summed E-state index contributed by atoms with van der Waals surface area (Å²) in [6.07, 6.45) is 3.32. The lowest BCUT2D eigenvalue weighted by atomic mass is 10.2. The van der Waals surface area contributed by atoms with E-state index in [1.165, 1.54) is 0 Å². The summed E-state index contributed by atoms with van der Waals surface area (Å²) in [4.78, 5) is 6.02. The number of nitrogen functional groups attached to an aromatic ring is 1. The molecule has 0 spiro atoms. The summed E-state index contributed by atoms with van der Waals surface area (Å²) in [5, 5.41) is 7.60. The van der Waals surface area contributed by atoms with Crippen LogP contribution in [0.2, 0.25) is 0 Å². The van der Waals surface area contributed by atoms with E-state index in [9.17, 15) is 0 Å². The Balaban J connectivity index is 2.37. The van der Waals surface area contributed by atoms with E-state index in [2.05, 4.69) is 4.98 Å². The Hall–Kier alpha value is -2.56. The molecule has 0 saturated carbocycles. The number of aromatic nitrogens is 1. The van der Waals surface area contributed by atoms with E-state index in [4.69, 9.17) is 15.9 Å². The number of nitrogens with zero attached hydrogens (tertiary/aromatic N) is 2. The number of pyridine rings is 1. The molecule has 0 aliphatic carbocycles. The molecule has 0 radical (unpaired) electrons. The first kappa shape index (κ1) is 12.9. The maximum Gasteiger partial charge on any atom is 0.125 e. The summed E-state index contributed by atoms with van der Waals surface area (Å²) in [6.45, 7) is 0. The third-order valence-electron chi connectivity index (χ3n) is 2.91. The fourth-order valence-corrected chi connectivity index (χ4v) is 1.83. The molecule has 5 heteroatoms. The number of nitrogens with one attached hydrogen (secondary N) is 1. The first-order valence-electron chi connectivity index (χ1n) is 5.79. The van der Waals surface area contributed by atoms with Crippen LogP contribution in [0.5, 0.6) is 5.75 Å². The molecule has 0 amide bonds. The summed E-state index contributed by atoms with van der Waals surface area (Å²) in [7, 11) is 3.54. The van der Waals surface area contributed by atoms with Gasteiger partial charge < -0.3 is 15.4 Å². The number of amidine groups is 1. The SMILES string of the molecule is COc1ccc(N(C)c2cnccc2C(=N)N)cc1. The zero-order valence-corrected chi connectivity index (χ0v) is 10.9. The van der Waals surface area contributed by atoms with Crippen LogP contribution < -0.4 is 15.4 Å². The van der Waals surface area contributed by atoms with E-state index in [1.807, 2.05) is 36.2 Å². The van der Waals surface area contributed by atoms with Crippen LogP contribution >= 0.6 is 0 Å². The van der Waals surface area contributed by atoms with Gasteiger partial charge in [-0.3, -0.25) is 10.4 Å². The molecule has 0 aliphatic rings. The Kier molecular flexibility index (Phi) is 3.66. The molecule has 0 atom stereocenters. The molecule has 1 heterocycles. The zero-order chi connectivity index (χ0) is 13.8. The Bertz CT molecular complexity index is 580. The van der Waals surface area contributed by atoms with Crippen molar-refractivity contribution in [3.05, 3.63) is 48.3 Å². The first-order valence-corrected chi connectivity index (χ1v) is 5.79. The van der Waals surface area contributed by atoms with E-state index < -0.39 is 0 Å². The van der Waals surface area contributed by atoms with Crippen molar-refractivity contribution in [2.24, 2.45) is 5.73 Å². The number of benzene rings is 1. The fourth-order valence-electron chi connectivity index (χ4n) is 1.83. The molecule has 0 aliphatic heterocycles. The fraction of sp³-hybridized carbons (Fsp3) is 0.143. The summed E-state index contributed by atoms with van der Waals surface area (Å²) < 4.78 is 5.13. The van der Waals surface area contributed by atoms with Gasteiger partial charge in [-0.2, -0.15) is 0 Å². The minimum Gasteiger partial charge on any atom is -0.497 e. The lowest BCUT2D eigenvalue weighted by molar-refractivity contribution is 0.415. The monoisotopic (exact) mass is 256 g/mol. The van der Waals surface area contributed by atoms with Crippen molar-refractivity contribution in [1.29, 1.82) is 5.41 Å². The second-order valence-corrected chi connectivity index (χ2v) is 4.06. The average Bonchev–Trinajstić information content (AvgIpc) is 2.46. The molecule has 1 aromatic carbocycles. The largest absolute Gasteiger partial charge is 0.497 e. The number of hydrogen-bond donors (Lipinski definition) is 2. The van der Waals surface area contributed by atoms with Crippen molar-refractivity contribution < 1.29 is 4.74 Å². The Morgan fingerprint density at radius 2 is 1.95 bits per heavy atom. The molecule has 0 unspecified atom stereocenters. The lowest BCUT2D eigenvalue weighted by Gasteiger charge is -2.21. The maximum atomic E-state index is 7.60. The molecule has 2 aromatic rings. The minimum absolute atomic E-state index is 0.0257. The van der Waals surface area contributed by atoms with Crippen molar-refractivity contribution in [1.82, 2.24) is 4.98 Å². The highest BCUT2D eigenvalue weighted by molar-refractivity contribution is 6.00. The number of anilines is 2. The Morgan fingerprint density at radius 1 is 1.26 bits per heavy atom. The molecule has 0 bridgehead atoms. The van der Waals surface area contributed by atoms with E-state index in [0.29, 0.717) is 5.56 Å². The third kappa shape index (κ3) is 2.65. The van der Waals surface area contributed by atoms with E-state index in [-0.39, 0.29) is 5.84 Å². The van der Waals surface area contributed by atoms with Crippen molar-refractivity contribution in [2.45, 2.75) is 0 Å². The molecular formula is C14H16N4O. The van der Waals surface area contributed by atoms with Gasteiger partial charge in [-0.25, -0.2) is 0 Å². The van der Waals surface area contributed by atoms with Crippen LogP contribution in [0.1, 0.15) is 5.56 Å². The molecule has 98 valence electrons. The van der Waals surface area contributed by atoms with Gasteiger partial charge in [0.05, 0.1) is 19.0 Å². The third-order valence-corrected chi connectivity index (χ3v) is 2.91. The van der Waals surface area contributed by atoms with Gasteiger partial charge >= 0.3 is 0 Å². The summed E-state index contributed by atoms with van der Waals surface area (Å²) in [6, 6.07) is 9.38. The first-order chi connectivity index (χ1) is 9.13. The van der Waals surface area contributed by atoms with E-state index >= 15 is 0 Å². The van der Waals surface area contributed by atoms with Crippen LogP contribution in [-0.4, -0.2) is 25.0 Å². The van der Waals surface area contributed by atoms with Gasteiger partial charge in [0.15, 0.2) is 0 Å². The van der Waals surface area contributed by atoms with Gasteiger partial charge in [0, 0.05) is 24.5 Å². The molecule has 1 aromatic heterocycles. The van der Waals surface area contributed by atoms with Gasteiger partial charge in [0.25, 0.3) is 0 Å². The van der Waals surface area contributed by atoms with Crippen molar-refractivity contribution in [3.8, 4) is 5.75 Å². The van der Waals surface area contributed by atoms with Crippen LogP contribution in [0.25, 0.3) is 0 Å². The van der Waals surface area contributed by atoms with Crippen LogP contribution in [-0.2, 0) is 0 Å². The Labute approximate surface area is 112 Å². The van der Waals surface area contributed by atoms with Crippen molar-refractivity contribution >= 4 is 17.2 Å². The van der Waals surface area contributed by atoms with Gasteiger partial charge in [-0.1, -0.05) is 0 Å². The van der Waals surface area contributed by atoms with Gasteiger partial charge in [-0.15, -0.1) is 0 Å². The van der Waals surface area contributed by atoms with Crippen molar-refractivity contribution in [2.75, 3.05) is 19.1 Å². The highest BCUT2D eigenvalue weighted by Crippen LogP contribution is 2.27. The number of ether oxygens (including phenoxy) is 1. The van der Waals surface area contributed by atoms with Crippen LogP contribution in [0.4, 0.5) is 11.4 Å². The number of rotatable bonds is 4. The number of hydrogen-bond acceptors (Lipinski definition) is 4. The predicted octanol–water partition coefficient (Wildman–Crippen LogP) is 2.14. The van der Waals surface area contributed by atoms with E-state index in [0.717, 1.165) is 17.1 Å². The predicted molar refractivity (Wildman–Crippen MR) is 76.3 cm³/mol. The minimum atomic E-state index is 0.0257. The second-order valence-electron chi connectivity index (χ2n) is 4.06. The molecule has 3 N–H and O–H groups in total. The molecular weight excluding hydrogens is 240 g/mol. The highest BCUT2D eigenvalue weighted by Gasteiger charge is 2.11. The maximum absolute atomic E-state index is 7.60. The van der Waals surface area contributed by atoms with Gasteiger partial charge in [-0.05, 0) is 30.3 Å². The Morgan fingerprint density at radius 3 is 2.53 bits per heavy atom. The lowest BCUT2D eigenvalue weighted by Crippen LogP contribution is -2.18. The zero-order valence-electron chi connectivity index (χ0n) is 10.9. The van der Waals surface area contributed by atoms with Crippen LogP contribution in [0.15, 0.2) is 42.7 Å². The summed E-state index contributed by atoms with van der Waals surface area (Å²) in [5.41, 5.74) is 8.01. The number of methoxy groups -OCH3 is 1. The quantitative estimate of drug-likeness (QED) is 0.649. The van der Waals surface area contributed by atoms with Gasteiger partial charge in [0.1, 0.15) is 11.6 Å². The van der Waals surface area contributed by atoms with E-state index in [1.54, 1.807) is 25.6 Å². The smallest absolute Gasteiger partial charge is 0.125 e.